The zero-order valence-electron chi connectivity index (χ0n) is 11.0. The first-order valence-corrected chi connectivity index (χ1v) is 6.89. The Morgan fingerprint density at radius 2 is 2.00 bits per heavy atom. The largest absolute Gasteiger partial charge is 0.348 e. The fourth-order valence-electron chi connectivity index (χ4n) is 3.01. The van der Waals surface area contributed by atoms with Crippen LogP contribution in [0.4, 0.5) is 5.82 Å². The van der Waals surface area contributed by atoms with Gasteiger partial charge in [0.05, 0.1) is 12.4 Å². The van der Waals surface area contributed by atoms with Gasteiger partial charge >= 0.3 is 0 Å². The molecular formula is C15H15N5. The molecule has 3 aromatic rings. The van der Waals surface area contributed by atoms with E-state index in [0.717, 1.165) is 29.9 Å². The van der Waals surface area contributed by atoms with Crippen LogP contribution in [-0.4, -0.2) is 26.5 Å². The minimum atomic E-state index is 0.387. The molecule has 0 aliphatic carbocycles. The lowest BCUT2D eigenvalue weighted by atomic mass is 10.0. The van der Waals surface area contributed by atoms with Crippen molar-refractivity contribution in [3.63, 3.8) is 0 Å². The van der Waals surface area contributed by atoms with E-state index >= 15 is 0 Å². The van der Waals surface area contributed by atoms with Crippen LogP contribution in [0, 0.1) is 0 Å². The van der Waals surface area contributed by atoms with Gasteiger partial charge in [0.15, 0.2) is 11.5 Å². The number of hydrogen-bond acceptors (Lipinski definition) is 4. The molecule has 20 heavy (non-hydrogen) atoms. The second-order valence-electron chi connectivity index (χ2n) is 5.06. The first-order chi connectivity index (χ1) is 9.93. The zero-order valence-corrected chi connectivity index (χ0v) is 11.0. The molecule has 0 spiro atoms. The number of benzene rings is 1. The van der Waals surface area contributed by atoms with Gasteiger partial charge in [-0.15, -0.1) is 0 Å². The van der Waals surface area contributed by atoms with E-state index in [9.17, 15) is 0 Å². The Hall–Kier alpha value is -2.43. The minimum absolute atomic E-state index is 0.387. The van der Waals surface area contributed by atoms with Crippen molar-refractivity contribution in [2.45, 2.75) is 18.9 Å². The number of hydrogen-bond donors (Lipinski definition) is 1. The number of fused-ring (bicyclic) bond motifs is 1. The Labute approximate surface area is 116 Å². The fraction of sp³-hybridized carbons (Fsp3) is 0.267. The zero-order chi connectivity index (χ0) is 13.4. The molecule has 0 saturated carbocycles. The molecule has 5 nitrogen and oxygen atoms in total. The molecule has 1 aromatic carbocycles. The predicted molar refractivity (Wildman–Crippen MR) is 77.4 cm³/mol. The average molecular weight is 265 g/mol. The third-order valence-electron chi connectivity index (χ3n) is 3.91. The Kier molecular flexibility index (Phi) is 2.62. The van der Waals surface area contributed by atoms with Crippen molar-refractivity contribution in [1.82, 2.24) is 19.9 Å². The second kappa shape index (κ2) is 4.59. The Balaban J connectivity index is 1.79. The van der Waals surface area contributed by atoms with E-state index in [0.29, 0.717) is 6.04 Å². The second-order valence-corrected chi connectivity index (χ2v) is 5.06. The number of nitrogens with one attached hydrogen (secondary N) is 1. The average Bonchev–Trinajstić information content (AvgIpc) is 3.16. The highest BCUT2D eigenvalue weighted by atomic mass is 15.2. The highest BCUT2D eigenvalue weighted by molar-refractivity contribution is 5.83. The molecule has 1 aliphatic rings. The third-order valence-corrected chi connectivity index (χ3v) is 3.91. The first kappa shape index (κ1) is 11.4. The van der Waals surface area contributed by atoms with Crippen LogP contribution in [-0.2, 0) is 0 Å². The third kappa shape index (κ3) is 1.74. The van der Waals surface area contributed by atoms with E-state index in [-0.39, 0.29) is 0 Å². The summed E-state index contributed by atoms with van der Waals surface area (Å²) in [5, 5.41) is 0. The van der Waals surface area contributed by atoms with Crippen LogP contribution in [0.2, 0.25) is 0 Å². The van der Waals surface area contributed by atoms with Gasteiger partial charge in [-0.1, -0.05) is 30.3 Å². The number of H-pyrrole nitrogens is 1. The molecule has 0 amide bonds. The Bertz CT molecular complexity index is 721. The molecule has 0 bridgehead atoms. The Morgan fingerprint density at radius 1 is 1.10 bits per heavy atom. The normalized spacial score (nSPS) is 18.8. The molecule has 1 fully saturated rings. The van der Waals surface area contributed by atoms with Gasteiger partial charge in [0, 0.05) is 6.54 Å². The number of rotatable bonds is 2. The topological polar surface area (TPSA) is 57.7 Å². The lowest BCUT2D eigenvalue weighted by Gasteiger charge is -2.26. The standard InChI is InChI=1S/C15H15N5/c1-2-5-11(6-3-1)12-7-4-8-20(12)15-13-14(17-9-16-13)18-10-19-15/h1-3,5-6,9-10,12H,4,7-8H2,(H,16,17,18,19). The molecule has 1 atom stereocenters. The van der Waals surface area contributed by atoms with Crippen LogP contribution < -0.4 is 4.90 Å². The van der Waals surface area contributed by atoms with Crippen LogP contribution >= 0.6 is 0 Å². The van der Waals surface area contributed by atoms with Gasteiger partial charge in [0.1, 0.15) is 11.8 Å². The van der Waals surface area contributed by atoms with Crippen LogP contribution in [0.3, 0.4) is 0 Å². The van der Waals surface area contributed by atoms with Gasteiger partial charge in [-0.05, 0) is 18.4 Å². The summed E-state index contributed by atoms with van der Waals surface area (Å²) in [5.74, 6) is 0.957. The van der Waals surface area contributed by atoms with Gasteiger partial charge in [0.2, 0.25) is 0 Å². The van der Waals surface area contributed by atoms with Gasteiger partial charge < -0.3 is 9.88 Å². The summed E-state index contributed by atoms with van der Waals surface area (Å²) in [6, 6.07) is 11.0. The molecule has 100 valence electrons. The SMILES string of the molecule is c1ccc(C2CCCN2c2ncnc3nc[nH]c23)cc1. The molecule has 1 aliphatic heterocycles. The predicted octanol–water partition coefficient (Wildman–Crippen LogP) is 2.69. The van der Waals surface area contributed by atoms with Crippen molar-refractivity contribution in [3.8, 4) is 0 Å². The molecule has 1 unspecified atom stereocenters. The molecule has 2 aromatic heterocycles. The number of aromatic nitrogens is 4. The fourth-order valence-corrected chi connectivity index (χ4v) is 3.01. The van der Waals surface area contributed by atoms with E-state index < -0.39 is 0 Å². The van der Waals surface area contributed by atoms with E-state index in [1.807, 2.05) is 0 Å². The number of imidazole rings is 1. The van der Waals surface area contributed by atoms with E-state index in [1.54, 1.807) is 12.7 Å². The smallest absolute Gasteiger partial charge is 0.182 e. The quantitative estimate of drug-likeness (QED) is 0.774. The van der Waals surface area contributed by atoms with Crippen LogP contribution in [0.1, 0.15) is 24.4 Å². The lowest BCUT2D eigenvalue weighted by molar-refractivity contribution is 0.713. The number of nitrogens with zero attached hydrogens (tertiary/aromatic N) is 4. The van der Waals surface area contributed by atoms with Crippen molar-refractivity contribution in [2.75, 3.05) is 11.4 Å². The van der Waals surface area contributed by atoms with Crippen LogP contribution in [0.15, 0.2) is 43.0 Å². The minimum Gasteiger partial charge on any atom is -0.348 e. The summed E-state index contributed by atoms with van der Waals surface area (Å²) in [6.07, 6.45) is 5.61. The summed E-state index contributed by atoms with van der Waals surface area (Å²) in [5.41, 5.74) is 3.00. The molecule has 1 saturated heterocycles. The maximum Gasteiger partial charge on any atom is 0.182 e. The molecule has 3 heterocycles. The number of aromatic amines is 1. The molecule has 0 radical (unpaired) electrons. The molecule has 5 heteroatoms. The van der Waals surface area contributed by atoms with E-state index in [2.05, 4.69) is 55.2 Å². The summed E-state index contributed by atoms with van der Waals surface area (Å²) in [4.78, 5) is 18.4. The highest BCUT2D eigenvalue weighted by Gasteiger charge is 2.28. The highest BCUT2D eigenvalue weighted by Crippen LogP contribution is 2.36. The number of anilines is 1. The lowest BCUT2D eigenvalue weighted by Crippen LogP contribution is -2.23. The summed E-state index contributed by atoms with van der Waals surface area (Å²) >= 11 is 0. The van der Waals surface area contributed by atoms with Crippen LogP contribution in [0.5, 0.6) is 0 Å². The maximum absolute atomic E-state index is 4.48. The van der Waals surface area contributed by atoms with Crippen LogP contribution in [0.25, 0.3) is 11.2 Å². The van der Waals surface area contributed by atoms with Crippen molar-refractivity contribution >= 4 is 17.0 Å². The summed E-state index contributed by atoms with van der Waals surface area (Å²) in [7, 11) is 0. The summed E-state index contributed by atoms with van der Waals surface area (Å²) < 4.78 is 0. The van der Waals surface area contributed by atoms with Gasteiger partial charge in [-0.3, -0.25) is 0 Å². The Morgan fingerprint density at radius 3 is 2.90 bits per heavy atom. The summed E-state index contributed by atoms with van der Waals surface area (Å²) in [6.45, 7) is 1.02. The van der Waals surface area contributed by atoms with Crippen molar-refractivity contribution in [2.24, 2.45) is 0 Å². The van der Waals surface area contributed by atoms with Gasteiger partial charge in [0.25, 0.3) is 0 Å². The van der Waals surface area contributed by atoms with Crippen molar-refractivity contribution in [1.29, 1.82) is 0 Å². The van der Waals surface area contributed by atoms with Gasteiger partial charge in [-0.2, -0.15) is 0 Å². The maximum atomic E-state index is 4.48. The molecular weight excluding hydrogens is 250 g/mol. The van der Waals surface area contributed by atoms with Crippen molar-refractivity contribution in [3.05, 3.63) is 48.5 Å². The van der Waals surface area contributed by atoms with E-state index in [4.69, 9.17) is 0 Å². The molecule has 4 rings (SSSR count). The first-order valence-electron chi connectivity index (χ1n) is 6.89. The monoisotopic (exact) mass is 265 g/mol. The van der Waals surface area contributed by atoms with Crippen molar-refractivity contribution < 1.29 is 0 Å². The van der Waals surface area contributed by atoms with Gasteiger partial charge in [-0.25, -0.2) is 15.0 Å². The van der Waals surface area contributed by atoms with E-state index in [1.165, 1.54) is 12.0 Å². The molecule has 1 N–H and O–H groups in total.